The highest BCUT2D eigenvalue weighted by Crippen LogP contribution is 2.16. The van der Waals surface area contributed by atoms with Crippen LogP contribution in [0.5, 0.6) is 0 Å². The fourth-order valence-corrected chi connectivity index (χ4v) is 2.02. The molecule has 3 nitrogen and oxygen atoms in total. The maximum absolute atomic E-state index is 5.37. The Balaban J connectivity index is 2.41. The van der Waals surface area contributed by atoms with Crippen molar-refractivity contribution < 1.29 is 4.74 Å². The topological polar surface area (TPSA) is 24.5 Å². The van der Waals surface area contributed by atoms with Crippen LogP contribution in [0.4, 0.5) is 0 Å². The normalized spacial score (nSPS) is 23.8. The SMILES string of the molecule is CNC(C)C(C)N(C)C1CCOCC1. The van der Waals surface area contributed by atoms with Gasteiger partial charge in [-0.3, -0.25) is 4.90 Å². The third-order valence-electron chi connectivity index (χ3n) is 3.59. The number of nitrogens with one attached hydrogen (secondary N) is 1. The minimum atomic E-state index is 0.544. The van der Waals surface area contributed by atoms with Gasteiger partial charge < -0.3 is 10.1 Å². The molecule has 0 aromatic rings. The van der Waals surface area contributed by atoms with Gasteiger partial charge in [0, 0.05) is 31.3 Å². The van der Waals surface area contributed by atoms with E-state index in [9.17, 15) is 0 Å². The zero-order chi connectivity index (χ0) is 10.6. The van der Waals surface area contributed by atoms with Crippen LogP contribution in [0.25, 0.3) is 0 Å². The molecule has 14 heavy (non-hydrogen) atoms. The van der Waals surface area contributed by atoms with Crippen molar-refractivity contribution in [1.82, 2.24) is 10.2 Å². The van der Waals surface area contributed by atoms with Crippen LogP contribution in [0.3, 0.4) is 0 Å². The number of likely N-dealkylation sites (N-methyl/N-ethyl adjacent to an activating group) is 2. The third-order valence-corrected chi connectivity index (χ3v) is 3.59. The van der Waals surface area contributed by atoms with Crippen molar-refractivity contribution in [2.75, 3.05) is 27.3 Å². The van der Waals surface area contributed by atoms with Crippen LogP contribution in [0, 0.1) is 0 Å². The van der Waals surface area contributed by atoms with Gasteiger partial charge in [0.15, 0.2) is 0 Å². The van der Waals surface area contributed by atoms with E-state index in [4.69, 9.17) is 4.74 Å². The molecule has 1 aliphatic rings. The summed E-state index contributed by atoms with van der Waals surface area (Å²) in [6, 6.07) is 1.83. The first-order chi connectivity index (χ1) is 6.66. The Hall–Kier alpha value is -0.120. The van der Waals surface area contributed by atoms with E-state index in [0.717, 1.165) is 13.2 Å². The third kappa shape index (κ3) is 2.94. The summed E-state index contributed by atoms with van der Waals surface area (Å²) < 4.78 is 5.37. The van der Waals surface area contributed by atoms with Gasteiger partial charge in [-0.05, 0) is 40.8 Å². The predicted octanol–water partition coefficient (Wildman–Crippen LogP) is 1.09. The second kappa shape index (κ2) is 5.69. The summed E-state index contributed by atoms with van der Waals surface area (Å²) in [7, 11) is 4.26. The standard InChI is InChI=1S/C11H24N2O/c1-9(12-3)10(2)13(4)11-5-7-14-8-6-11/h9-12H,5-8H2,1-4H3. The van der Waals surface area contributed by atoms with Crippen LogP contribution in [-0.2, 0) is 4.74 Å². The molecule has 2 atom stereocenters. The Morgan fingerprint density at radius 1 is 1.29 bits per heavy atom. The zero-order valence-electron chi connectivity index (χ0n) is 9.92. The monoisotopic (exact) mass is 200 g/mol. The molecule has 0 saturated carbocycles. The average Bonchev–Trinajstić information content (AvgIpc) is 2.27. The first kappa shape index (κ1) is 12.0. The van der Waals surface area contributed by atoms with E-state index in [0.29, 0.717) is 18.1 Å². The van der Waals surface area contributed by atoms with Gasteiger partial charge in [-0.1, -0.05) is 0 Å². The lowest BCUT2D eigenvalue weighted by Gasteiger charge is -2.38. The molecule has 1 N–H and O–H groups in total. The lowest BCUT2D eigenvalue weighted by atomic mass is 10.0. The molecule has 1 saturated heterocycles. The van der Waals surface area contributed by atoms with Gasteiger partial charge in [0.1, 0.15) is 0 Å². The van der Waals surface area contributed by atoms with E-state index >= 15 is 0 Å². The van der Waals surface area contributed by atoms with Crippen molar-refractivity contribution in [3.05, 3.63) is 0 Å². The zero-order valence-corrected chi connectivity index (χ0v) is 9.92. The maximum Gasteiger partial charge on any atom is 0.0480 e. The van der Waals surface area contributed by atoms with Crippen LogP contribution in [-0.4, -0.2) is 50.3 Å². The van der Waals surface area contributed by atoms with E-state index < -0.39 is 0 Å². The van der Waals surface area contributed by atoms with Gasteiger partial charge in [0.05, 0.1) is 0 Å². The average molecular weight is 200 g/mol. The van der Waals surface area contributed by atoms with E-state index in [-0.39, 0.29) is 0 Å². The Labute approximate surface area is 87.8 Å². The van der Waals surface area contributed by atoms with Crippen molar-refractivity contribution in [2.45, 2.75) is 44.8 Å². The molecule has 0 aromatic carbocycles. The molecule has 84 valence electrons. The van der Waals surface area contributed by atoms with Gasteiger partial charge >= 0.3 is 0 Å². The summed E-state index contributed by atoms with van der Waals surface area (Å²) >= 11 is 0. The summed E-state index contributed by atoms with van der Waals surface area (Å²) in [6.45, 7) is 6.38. The van der Waals surface area contributed by atoms with Crippen LogP contribution in [0.15, 0.2) is 0 Å². The van der Waals surface area contributed by atoms with Crippen molar-refractivity contribution in [3.8, 4) is 0 Å². The molecule has 1 heterocycles. The molecule has 0 radical (unpaired) electrons. The molecule has 0 aromatic heterocycles. The summed E-state index contributed by atoms with van der Waals surface area (Å²) in [5, 5.41) is 3.31. The molecule has 0 bridgehead atoms. The second-order valence-corrected chi connectivity index (χ2v) is 4.33. The number of ether oxygens (including phenoxy) is 1. The molecular formula is C11H24N2O. The summed E-state index contributed by atoms with van der Waals surface area (Å²) in [5.41, 5.74) is 0. The van der Waals surface area contributed by atoms with Crippen molar-refractivity contribution >= 4 is 0 Å². The Morgan fingerprint density at radius 3 is 2.36 bits per heavy atom. The minimum absolute atomic E-state index is 0.544. The molecular weight excluding hydrogens is 176 g/mol. The predicted molar refractivity (Wildman–Crippen MR) is 59.6 cm³/mol. The van der Waals surface area contributed by atoms with Gasteiger partial charge in [-0.2, -0.15) is 0 Å². The highest BCUT2D eigenvalue weighted by molar-refractivity contribution is 4.81. The summed E-state index contributed by atoms with van der Waals surface area (Å²) in [4.78, 5) is 2.49. The molecule has 1 aliphatic heterocycles. The van der Waals surface area contributed by atoms with Crippen LogP contribution < -0.4 is 5.32 Å². The Kier molecular flexibility index (Phi) is 4.85. The van der Waals surface area contributed by atoms with Gasteiger partial charge in [0.2, 0.25) is 0 Å². The molecule has 0 spiro atoms. The molecule has 2 unspecified atom stereocenters. The van der Waals surface area contributed by atoms with E-state index in [1.54, 1.807) is 0 Å². The van der Waals surface area contributed by atoms with Gasteiger partial charge in [0.25, 0.3) is 0 Å². The first-order valence-electron chi connectivity index (χ1n) is 5.63. The van der Waals surface area contributed by atoms with Crippen LogP contribution >= 0.6 is 0 Å². The summed E-state index contributed by atoms with van der Waals surface area (Å²) in [6.07, 6.45) is 2.36. The fraction of sp³-hybridized carbons (Fsp3) is 1.00. The Bertz CT molecular complexity index is 155. The maximum atomic E-state index is 5.37. The molecule has 0 aliphatic carbocycles. The molecule has 3 heteroatoms. The van der Waals surface area contributed by atoms with Crippen LogP contribution in [0.1, 0.15) is 26.7 Å². The van der Waals surface area contributed by atoms with Crippen LogP contribution in [0.2, 0.25) is 0 Å². The summed E-state index contributed by atoms with van der Waals surface area (Å²) in [5.74, 6) is 0. The first-order valence-corrected chi connectivity index (χ1v) is 5.63. The Morgan fingerprint density at radius 2 is 1.86 bits per heavy atom. The second-order valence-electron chi connectivity index (χ2n) is 4.33. The smallest absolute Gasteiger partial charge is 0.0480 e. The quantitative estimate of drug-likeness (QED) is 0.735. The molecule has 0 amide bonds. The van der Waals surface area contributed by atoms with Crippen molar-refractivity contribution in [3.63, 3.8) is 0 Å². The minimum Gasteiger partial charge on any atom is -0.381 e. The highest BCUT2D eigenvalue weighted by atomic mass is 16.5. The van der Waals surface area contributed by atoms with Crippen molar-refractivity contribution in [1.29, 1.82) is 0 Å². The van der Waals surface area contributed by atoms with E-state index in [1.807, 2.05) is 7.05 Å². The van der Waals surface area contributed by atoms with E-state index in [1.165, 1.54) is 12.8 Å². The molecule has 1 rings (SSSR count). The lowest BCUT2D eigenvalue weighted by Crippen LogP contribution is -2.49. The van der Waals surface area contributed by atoms with Gasteiger partial charge in [-0.25, -0.2) is 0 Å². The molecule has 1 fully saturated rings. The van der Waals surface area contributed by atoms with Gasteiger partial charge in [-0.15, -0.1) is 0 Å². The largest absolute Gasteiger partial charge is 0.381 e. The lowest BCUT2D eigenvalue weighted by molar-refractivity contribution is 0.0265. The highest BCUT2D eigenvalue weighted by Gasteiger charge is 2.24. The van der Waals surface area contributed by atoms with E-state index in [2.05, 4.69) is 31.1 Å². The fourth-order valence-electron chi connectivity index (χ4n) is 2.02. The number of rotatable bonds is 4. The number of hydrogen-bond donors (Lipinski definition) is 1. The van der Waals surface area contributed by atoms with Crippen molar-refractivity contribution in [2.24, 2.45) is 0 Å². The number of hydrogen-bond acceptors (Lipinski definition) is 3. The number of nitrogens with zero attached hydrogens (tertiary/aromatic N) is 1.